The van der Waals surface area contributed by atoms with Crippen LogP contribution in [0.4, 0.5) is 0 Å². The van der Waals surface area contributed by atoms with E-state index in [9.17, 15) is 9.90 Å². The lowest BCUT2D eigenvalue weighted by Gasteiger charge is -2.34. The first-order chi connectivity index (χ1) is 9.95. The van der Waals surface area contributed by atoms with Crippen molar-refractivity contribution >= 4 is 5.97 Å². The fraction of sp³-hybridized carbons (Fsp3) is 0.688. The molecule has 2 rings (SSSR count). The summed E-state index contributed by atoms with van der Waals surface area (Å²) in [5.74, 6) is -0.265. The van der Waals surface area contributed by atoms with Crippen LogP contribution in [0.2, 0.25) is 0 Å². The molecule has 0 amide bonds. The molecule has 1 aromatic heterocycles. The number of hydrogen-bond acceptors (Lipinski definition) is 5. The summed E-state index contributed by atoms with van der Waals surface area (Å²) in [5.41, 5.74) is 0.709. The van der Waals surface area contributed by atoms with Gasteiger partial charge >= 0.3 is 5.97 Å². The number of rotatable bonds is 5. The molecule has 0 aromatic carbocycles. The van der Waals surface area contributed by atoms with Gasteiger partial charge in [-0.25, -0.2) is 0 Å². The molecule has 0 bridgehead atoms. The van der Waals surface area contributed by atoms with Crippen LogP contribution < -0.4 is 0 Å². The van der Waals surface area contributed by atoms with Gasteiger partial charge in [-0.15, -0.1) is 0 Å². The number of aliphatic hydroxyl groups is 1. The molecule has 1 N–H and O–H groups in total. The van der Waals surface area contributed by atoms with Gasteiger partial charge in [0.15, 0.2) is 0 Å². The van der Waals surface area contributed by atoms with E-state index in [1.165, 1.54) is 0 Å². The van der Waals surface area contributed by atoms with Crippen molar-refractivity contribution in [3.8, 4) is 0 Å². The second-order valence-corrected chi connectivity index (χ2v) is 6.28. The van der Waals surface area contributed by atoms with Crippen molar-refractivity contribution in [3.05, 3.63) is 23.8 Å². The lowest BCUT2D eigenvalue weighted by atomic mass is 9.76. The van der Waals surface area contributed by atoms with E-state index in [-0.39, 0.29) is 18.5 Å². The summed E-state index contributed by atoms with van der Waals surface area (Å²) in [6.07, 6.45) is 5.93. The van der Waals surface area contributed by atoms with E-state index < -0.39 is 11.5 Å². The molecule has 1 atom stereocenters. The summed E-state index contributed by atoms with van der Waals surface area (Å²) in [7, 11) is 0. The topological polar surface area (TPSA) is 72.3 Å². The van der Waals surface area contributed by atoms with Gasteiger partial charge in [0.1, 0.15) is 6.61 Å². The van der Waals surface area contributed by atoms with E-state index in [0.29, 0.717) is 18.5 Å². The molecule has 1 aromatic rings. The van der Waals surface area contributed by atoms with Gasteiger partial charge < -0.3 is 9.84 Å². The van der Waals surface area contributed by atoms with Gasteiger partial charge in [-0.05, 0) is 25.7 Å². The number of carbonyl (C=O) groups is 1. The number of ether oxygens (including phenoxy) is 1. The Labute approximate surface area is 125 Å². The SMILES string of the molecule is Cc1cnc(COC(=O)C2(C(O)C(C)C)CCCC2)cn1. The third-order valence-electron chi connectivity index (χ3n) is 4.29. The number of aliphatic hydroxyl groups excluding tert-OH is 1. The molecule has 1 fully saturated rings. The largest absolute Gasteiger partial charge is 0.459 e. The molecule has 1 aliphatic carbocycles. The molecule has 5 heteroatoms. The van der Waals surface area contributed by atoms with Crippen molar-refractivity contribution < 1.29 is 14.6 Å². The number of aromatic nitrogens is 2. The van der Waals surface area contributed by atoms with Crippen LogP contribution in [-0.2, 0) is 16.1 Å². The van der Waals surface area contributed by atoms with Gasteiger partial charge in [0.2, 0.25) is 0 Å². The molecule has 0 saturated heterocycles. The molecule has 1 unspecified atom stereocenters. The Hall–Kier alpha value is -1.49. The summed E-state index contributed by atoms with van der Waals surface area (Å²) < 4.78 is 5.43. The first kappa shape index (κ1) is 15.9. The second kappa shape index (κ2) is 6.52. The quantitative estimate of drug-likeness (QED) is 0.844. The van der Waals surface area contributed by atoms with Crippen molar-refractivity contribution in [2.45, 2.75) is 59.2 Å². The Morgan fingerprint density at radius 3 is 2.52 bits per heavy atom. The third-order valence-corrected chi connectivity index (χ3v) is 4.29. The summed E-state index contributed by atoms with van der Waals surface area (Å²) in [6.45, 7) is 5.83. The molecule has 0 aliphatic heterocycles. The average molecular weight is 292 g/mol. The highest BCUT2D eigenvalue weighted by Crippen LogP contribution is 2.44. The van der Waals surface area contributed by atoms with Crippen LogP contribution in [0, 0.1) is 18.3 Å². The Bertz CT molecular complexity index is 479. The monoisotopic (exact) mass is 292 g/mol. The van der Waals surface area contributed by atoms with E-state index in [2.05, 4.69) is 9.97 Å². The molecule has 1 aliphatic rings. The van der Waals surface area contributed by atoms with Gasteiger partial charge in [0, 0.05) is 6.20 Å². The van der Waals surface area contributed by atoms with Crippen LogP contribution in [0.1, 0.15) is 50.9 Å². The number of nitrogens with zero attached hydrogens (tertiary/aromatic N) is 2. The zero-order valence-corrected chi connectivity index (χ0v) is 13.0. The summed E-state index contributed by atoms with van der Waals surface area (Å²) in [6, 6.07) is 0. The van der Waals surface area contributed by atoms with E-state index in [1.54, 1.807) is 12.4 Å². The van der Waals surface area contributed by atoms with Crippen molar-refractivity contribution in [1.82, 2.24) is 9.97 Å². The molecule has 0 spiro atoms. The zero-order valence-electron chi connectivity index (χ0n) is 13.0. The molecule has 5 nitrogen and oxygen atoms in total. The summed E-state index contributed by atoms with van der Waals surface area (Å²) in [4.78, 5) is 20.8. The Morgan fingerprint density at radius 1 is 1.33 bits per heavy atom. The average Bonchev–Trinajstić information content (AvgIpc) is 2.96. The highest BCUT2D eigenvalue weighted by Gasteiger charge is 2.49. The van der Waals surface area contributed by atoms with Crippen LogP contribution in [0.25, 0.3) is 0 Å². The smallest absolute Gasteiger partial charge is 0.315 e. The van der Waals surface area contributed by atoms with E-state index in [1.807, 2.05) is 20.8 Å². The Kier molecular flexibility index (Phi) is 4.93. The van der Waals surface area contributed by atoms with E-state index >= 15 is 0 Å². The number of aryl methyl sites for hydroxylation is 1. The Balaban J connectivity index is 2.04. The van der Waals surface area contributed by atoms with Gasteiger partial charge in [-0.1, -0.05) is 26.7 Å². The molecule has 116 valence electrons. The molecular formula is C16H24N2O3. The Morgan fingerprint density at radius 2 is 2.00 bits per heavy atom. The standard InChI is InChI=1S/C16H24N2O3/c1-11(2)14(19)16(6-4-5-7-16)15(20)21-10-13-9-17-12(3)8-18-13/h8-9,11,14,19H,4-7,10H2,1-3H3. The van der Waals surface area contributed by atoms with Crippen molar-refractivity contribution in [2.24, 2.45) is 11.3 Å². The summed E-state index contributed by atoms with van der Waals surface area (Å²) in [5, 5.41) is 10.5. The molecule has 21 heavy (non-hydrogen) atoms. The zero-order chi connectivity index (χ0) is 15.5. The summed E-state index contributed by atoms with van der Waals surface area (Å²) >= 11 is 0. The number of hydrogen-bond donors (Lipinski definition) is 1. The minimum absolute atomic E-state index is 0.0369. The van der Waals surface area contributed by atoms with Crippen molar-refractivity contribution in [2.75, 3.05) is 0 Å². The van der Waals surface area contributed by atoms with E-state index in [0.717, 1.165) is 18.5 Å². The second-order valence-electron chi connectivity index (χ2n) is 6.28. The normalized spacial score (nSPS) is 18.7. The first-order valence-electron chi connectivity index (χ1n) is 7.58. The predicted molar refractivity (Wildman–Crippen MR) is 78.3 cm³/mol. The third kappa shape index (κ3) is 3.40. The van der Waals surface area contributed by atoms with Crippen molar-refractivity contribution in [3.63, 3.8) is 0 Å². The molecule has 0 radical (unpaired) electrons. The van der Waals surface area contributed by atoms with Crippen LogP contribution in [0.5, 0.6) is 0 Å². The highest BCUT2D eigenvalue weighted by molar-refractivity contribution is 5.78. The van der Waals surface area contributed by atoms with E-state index in [4.69, 9.17) is 4.74 Å². The van der Waals surface area contributed by atoms with Gasteiger partial charge in [-0.2, -0.15) is 0 Å². The first-order valence-corrected chi connectivity index (χ1v) is 7.58. The lowest BCUT2D eigenvalue weighted by molar-refractivity contribution is -0.167. The highest BCUT2D eigenvalue weighted by atomic mass is 16.5. The fourth-order valence-corrected chi connectivity index (χ4v) is 3.04. The molecule has 1 saturated carbocycles. The maximum Gasteiger partial charge on any atom is 0.315 e. The van der Waals surface area contributed by atoms with Crippen LogP contribution >= 0.6 is 0 Å². The maximum atomic E-state index is 12.5. The fourth-order valence-electron chi connectivity index (χ4n) is 3.04. The van der Waals surface area contributed by atoms with Crippen LogP contribution in [-0.4, -0.2) is 27.1 Å². The minimum atomic E-state index is -0.744. The number of carbonyl (C=O) groups excluding carboxylic acids is 1. The van der Waals surface area contributed by atoms with Gasteiger partial charge in [0.25, 0.3) is 0 Å². The van der Waals surface area contributed by atoms with Crippen molar-refractivity contribution in [1.29, 1.82) is 0 Å². The van der Waals surface area contributed by atoms with Gasteiger partial charge in [-0.3, -0.25) is 14.8 Å². The maximum absolute atomic E-state index is 12.5. The number of esters is 1. The van der Waals surface area contributed by atoms with Gasteiger partial charge in [0.05, 0.1) is 29.1 Å². The predicted octanol–water partition coefficient (Wildman–Crippen LogP) is 2.41. The van der Waals surface area contributed by atoms with Crippen LogP contribution in [0.15, 0.2) is 12.4 Å². The lowest BCUT2D eigenvalue weighted by Crippen LogP contribution is -2.44. The molecule has 1 heterocycles. The minimum Gasteiger partial charge on any atom is -0.459 e. The van der Waals surface area contributed by atoms with Crippen LogP contribution in [0.3, 0.4) is 0 Å². The molecular weight excluding hydrogens is 268 g/mol.